The molecule has 0 fully saturated rings. The number of hydrogen-bond acceptors (Lipinski definition) is 10. The number of rotatable bonds is 8. The van der Waals surface area contributed by atoms with Gasteiger partial charge in [-0.3, -0.25) is 0 Å². The van der Waals surface area contributed by atoms with Crippen LogP contribution in [0.25, 0.3) is 41.7 Å². The Balaban J connectivity index is 2.03. The topological polar surface area (TPSA) is 57.4 Å². The fraction of sp³-hybridized carbons (Fsp3) is 0.286. The summed E-state index contributed by atoms with van der Waals surface area (Å²) in [7, 11) is 0. The highest BCUT2D eigenvalue weighted by atomic mass is 32.2. The second kappa shape index (κ2) is 13.4. The van der Waals surface area contributed by atoms with E-state index >= 15 is 0 Å². The van der Waals surface area contributed by atoms with Crippen LogP contribution in [0.3, 0.4) is 0 Å². The van der Waals surface area contributed by atoms with Crippen LogP contribution >= 0.6 is 94.1 Å². The third kappa shape index (κ3) is 5.44. The quantitative estimate of drug-likeness (QED) is 0.225. The van der Waals surface area contributed by atoms with Gasteiger partial charge in [0.05, 0.1) is 44.8 Å². The van der Waals surface area contributed by atoms with Gasteiger partial charge in [-0.2, -0.15) is 0 Å². The fourth-order valence-corrected chi connectivity index (χ4v) is 11.8. The lowest BCUT2D eigenvalue weighted by molar-refractivity contribution is 1.27. The standard InChI is InChI=1S/C28H30N4S8/c1-33-21-13-9-15-23(35-3)25(37-5)17(30-15)11-19-27(39-7)28(40-8)20(32-19)12-18-26(38-6)24(36-4)16(31-18)10-14(29-13)22(21)34-2/h9-12,29-30H,1-8H3. The number of nitrogens with zero attached hydrogens (tertiary/aromatic N) is 2. The summed E-state index contributed by atoms with van der Waals surface area (Å²) in [6.45, 7) is 0. The Labute approximate surface area is 270 Å². The van der Waals surface area contributed by atoms with E-state index in [4.69, 9.17) is 9.97 Å². The fourth-order valence-electron chi connectivity index (χ4n) is 4.88. The van der Waals surface area contributed by atoms with Crippen molar-refractivity contribution in [2.24, 2.45) is 0 Å². The van der Waals surface area contributed by atoms with Crippen molar-refractivity contribution in [3.8, 4) is 0 Å². The molecule has 0 aromatic carbocycles. The average molecular weight is 679 g/mol. The SMILES string of the molecule is CSC1=C(SC)c2cc3[nH]c(cc4[nH]c(cc5nc(cc1n2)C(SC)=C5SC)c(SC)c4SC)c(SC)c3SC. The minimum Gasteiger partial charge on any atom is -0.354 e. The van der Waals surface area contributed by atoms with Gasteiger partial charge in [0.25, 0.3) is 0 Å². The van der Waals surface area contributed by atoms with E-state index in [1.165, 1.54) is 39.2 Å². The van der Waals surface area contributed by atoms with E-state index in [9.17, 15) is 0 Å². The van der Waals surface area contributed by atoms with Crippen molar-refractivity contribution in [2.75, 3.05) is 50.0 Å². The molecule has 3 aromatic heterocycles. The van der Waals surface area contributed by atoms with E-state index in [0.29, 0.717) is 0 Å². The van der Waals surface area contributed by atoms with Gasteiger partial charge in [0.1, 0.15) is 0 Å². The van der Waals surface area contributed by atoms with E-state index in [-0.39, 0.29) is 0 Å². The van der Waals surface area contributed by atoms with Crippen LogP contribution in [0, 0.1) is 0 Å². The highest BCUT2D eigenvalue weighted by molar-refractivity contribution is 8.13. The van der Waals surface area contributed by atoms with Crippen molar-refractivity contribution >= 4 is 136 Å². The molecule has 40 heavy (non-hydrogen) atoms. The number of aromatic nitrogens is 4. The second-order valence-electron chi connectivity index (χ2n) is 8.51. The highest BCUT2D eigenvalue weighted by Crippen LogP contribution is 2.47. The van der Waals surface area contributed by atoms with Crippen LogP contribution in [0.4, 0.5) is 0 Å². The molecule has 0 radical (unpaired) electrons. The third-order valence-corrected chi connectivity index (χ3v) is 13.6. The van der Waals surface area contributed by atoms with Crippen LogP contribution in [0.15, 0.2) is 43.8 Å². The molecule has 4 nitrogen and oxygen atoms in total. The minimum absolute atomic E-state index is 0.980. The van der Waals surface area contributed by atoms with Crippen molar-refractivity contribution in [1.29, 1.82) is 0 Å². The monoisotopic (exact) mass is 678 g/mol. The summed E-state index contributed by atoms with van der Waals surface area (Å²) in [5, 5.41) is 0. The van der Waals surface area contributed by atoms with Crippen LogP contribution in [0.5, 0.6) is 0 Å². The first-order chi connectivity index (χ1) is 19.5. The Bertz CT molecular complexity index is 1580. The van der Waals surface area contributed by atoms with Gasteiger partial charge < -0.3 is 9.97 Å². The first-order valence-electron chi connectivity index (χ1n) is 12.1. The summed E-state index contributed by atoms with van der Waals surface area (Å²) >= 11 is 14.2. The molecule has 0 saturated carbocycles. The molecular formula is C28H30N4S8. The molecule has 2 aliphatic heterocycles. The number of fused-ring (bicyclic) bond motifs is 8. The number of nitrogens with one attached hydrogen (secondary N) is 2. The molecule has 210 valence electrons. The Morgan fingerprint density at radius 2 is 0.650 bits per heavy atom. The summed E-state index contributed by atoms with van der Waals surface area (Å²) in [5.74, 6) is 0. The van der Waals surface area contributed by atoms with Crippen LogP contribution in [-0.2, 0) is 0 Å². The molecule has 0 amide bonds. The molecule has 0 spiro atoms. The number of H-pyrrole nitrogens is 2. The summed E-state index contributed by atoms with van der Waals surface area (Å²) in [5.41, 5.74) is 8.37. The highest BCUT2D eigenvalue weighted by Gasteiger charge is 2.24. The summed E-state index contributed by atoms with van der Waals surface area (Å²) in [4.78, 5) is 27.7. The van der Waals surface area contributed by atoms with Gasteiger partial charge in [0.15, 0.2) is 0 Å². The van der Waals surface area contributed by atoms with Gasteiger partial charge in [0, 0.05) is 39.2 Å². The van der Waals surface area contributed by atoms with Crippen LogP contribution in [0.2, 0.25) is 0 Å². The molecular weight excluding hydrogens is 649 g/mol. The van der Waals surface area contributed by atoms with E-state index in [2.05, 4.69) is 84.3 Å². The van der Waals surface area contributed by atoms with E-state index in [1.54, 1.807) is 94.1 Å². The van der Waals surface area contributed by atoms with Gasteiger partial charge in [-0.05, 0) is 74.3 Å². The Hall–Kier alpha value is -0.600. The van der Waals surface area contributed by atoms with Gasteiger partial charge >= 0.3 is 0 Å². The predicted molar refractivity (Wildman–Crippen MR) is 196 cm³/mol. The normalized spacial score (nSPS) is 13.6. The van der Waals surface area contributed by atoms with E-state index in [0.717, 1.165) is 44.8 Å². The largest absolute Gasteiger partial charge is 0.354 e. The summed E-state index contributed by atoms with van der Waals surface area (Å²) in [6, 6.07) is 8.89. The third-order valence-electron chi connectivity index (χ3n) is 6.51. The number of aromatic amines is 2. The molecule has 0 unspecified atom stereocenters. The maximum absolute atomic E-state index is 5.20. The van der Waals surface area contributed by atoms with Gasteiger partial charge in [-0.1, -0.05) is 0 Å². The molecule has 0 atom stereocenters. The lowest BCUT2D eigenvalue weighted by Crippen LogP contribution is -1.82. The molecule has 8 bridgehead atoms. The molecule has 3 aromatic rings. The van der Waals surface area contributed by atoms with Crippen molar-refractivity contribution < 1.29 is 0 Å². The predicted octanol–water partition coefficient (Wildman–Crippen LogP) is 10.3. The first-order valence-corrected chi connectivity index (χ1v) is 21.9. The lowest BCUT2D eigenvalue weighted by atomic mass is 10.3. The Morgan fingerprint density at radius 1 is 0.375 bits per heavy atom. The van der Waals surface area contributed by atoms with Crippen molar-refractivity contribution in [1.82, 2.24) is 19.9 Å². The molecule has 2 N–H and O–H groups in total. The van der Waals surface area contributed by atoms with Crippen molar-refractivity contribution in [3.63, 3.8) is 0 Å². The Morgan fingerprint density at radius 3 is 0.925 bits per heavy atom. The van der Waals surface area contributed by atoms with Crippen LogP contribution in [-0.4, -0.2) is 70.0 Å². The smallest absolute Gasteiger partial charge is 0.0807 e. The Kier molecular flexibility index (Phi) is 10.3. The van der Waals surface area contributed by atoms with Gasteiger partial charge in [0.2, 0.25) is 0 Å². The van der Waals surface area contributed by atoms with Crippen molar-refractivity contribution in [2.45, 2.75) is 19.6 Å². The van der Waals surface area contributed by atoms with Gasteiger partial charge in [-0.15, -0.1) is 94.1 Å². The summed E-state index contributed by atoms with van der Waals surface area (Å²) < 4.78 is 0. The maximum Gasteiger partial charge on any atom is 0.0807 e. The molecule has 0 saturated heterocycles. The molecule has 5 heterocycles. The van der Waals surface area contributed by atoms with Crippen LogP contribution < -0.4 is 0 Å². The zero-order valence-electron chi connectivity index (χ0n) is 23.5. The number of thioether (sulfide) groups is 8. The van der Waals surface area contributed by atoms with E-state index in [1.807, 2.05) is 0 Å². The van der Waals surface area contributed by atoms with E-state index < -0.39 is 0 Å². The molecule has 2 aliphatic rings. The zero-order chi connectivity index (χ0) is 28.6. The molecule has 12 heteroatoms. The van der Waals surface area contributed by atoms with Crippen LogP contribution in [0.1, 0.15) is 22.8 Å². The lowest BCUT2D eigenvalue weighted by Gasteiger charge is -2.03. The molecule has 5 rings (SSSR count). The second-order valence-corrected chi connectivity index (χ2v) is 15.0. The van der Waals surface area contributed by atoms with Gasteiger partial charge in [-0.25, -0.2) is 9.97 Å². The summed E-state index contributed by atoms with van der Waals surface area (Å²) in [6.07, 6.45) is 17.2. The first kappa shape index (κ1) is 30.8. The maximum atomic E-state index is 5.20. The minimum atomic E-state index is 0.980. The average Bonchev–Trinajstić information content (AvgIpc) is 3.67. The zero-order valence-corrected chi connectivity index (χ0v) is 30.0. The number of hydrogen-bond donors (Lipinski definition) is 2. The molecule has 0 aliphatic carbocycles. The van der Waals surface area contributed by atoms with Crippen molar-refractivity contribution in [3.05, 3.63) is 47.0 Å².